The van der Waals surface area contributed by atoms with Gasteiger partial charge in [-0.15, -0.1) is 0 Å². The van der Waals surface area contributed by atoms with Crippen LogP contribution >= 0.6 is 0 Å². The third-order valence-electron chi connectivity index (χ3n) is 4.80. The third kappa shape index (κ3) is 4.43. The van der Waals surface area contributed by atoms with Gasteiger partial charge < -0.3 is 15.4 Å². The number of rotatable bonds is 7. The van der Waals surface area contributed by atoms with Crippen molar-refractivity contribution >= 4 is 11.8 Å². The summed E-state index contributed by atoms with van der Waals surface area (Å²) in [6, 6.07) is 13.2. The van der Waals surface area contributed by atoms with E-state index < -0.39 is 11.4 Å². The van der Waals surface area contributed by atoms with Gasteiger partial charge in [-0.25, -0.2) is 14.4 Å². The molecular weight excluding hydrogens is 387 g/mol. The van der Waals surface area contributed by atoms with Gasteiger partial charge in [-0.1, -0.05) is 24.3 Å². The summed E-state index contributed by atoms with van der Waals surface area (Å²) in [6.07, 6.45) is 5.30. The van der Waals surface area contributed by atoms with E-state index in [2.05, 4.69) is 20.6 Å². The van der Waals surface area contributed by atoms with Gasteiger partial charge in [-0.05, 0) is 42.7 Å². The zero-order valence-electron chi connectivity index (χ0n) is 16.0. The van der Waals surface area contributed by atoms with Crippen LogP contribution in [0.25, 0.3) is 0 Å². The minimum atomic E-state index is -0.888. The Labute approximate surface area is 172 Å². The number of aromatic nitrogens is 2. The highest BCUT2D eigenvalue weighted by Crippen LogP contribution is 2.36. The second-order valence-corrected chi connectivity index (χ2v) is 7.02. The van der Waals surface area contributed by atoms with Gasteiger partial charge in [-0.3, -0.25) is 9.59 Å². The van der Waals surface area contributed by atoms with Gasteiger partial charge in [0, 0.05) is 18.9 Å². The SMILES string of the molecule is O=C(NC1(C(=O)NCc2ccc(Oc3ccccc3F)cc2)CC1)c1cncnc1. The Balaban J connectivity index is 1.31. The quantitative estimate of drug-likeness (QED) is 0.629. The number of carbonyl (C=O) groups is 2. The maximum atomic E-state index is 13.7. The standard InChI is InChI=1S/C22H19FN4O3/c23-18-3-1-2-4-19(18)30-17-7-5-15(6-8-17)11-26-21(29)22(9-10-22)27-20(28)16-12-24-14-25-13-16/h1-8,12-14H,9-11H2,(H,26,29)(H,27,28). The number of hydrogen-bond donors (Lipinski definition) is 2. The van der Waals surface area contributed by atoms with Crippen LogP contribution in [-0.2, 0) is 11.3 Å². The molecule has 0 spiro atoms. The summed E-state index contributed by atoms with van der Waals surface area (Å²) in [7, 11) is 0. The normalized spacial score (nSPS) is 13.9. The molecule has 8 heteroatoms. The smallest absolute Gasteiger partial charge is 0.255 e. The molecule has 0 bridgehead atoms. The average Bonchev–Trinajstić information content (AvgIpc) is 3.56. The summed E-state index contributed by atoms with van der Waals surface area (Å²) in [5.74, 6) is -0.412. The molecule has 0 atom stereocenters. The molecule has 1 aromatic heterocycles. The van der Waals surface area contributed by atoms with Gasteiger partial charge in [0.1, 0.15) is 17.6 Å². The van der Waals surface area contributed by atoms with Crippen molar-refractivity contribution in [2.45, 2.75) is 24.9 Å². The van der Waals surface area contributed by atoms with Crippen LogP contribution in [0.1, 0.15) is 28.8 Å². The lowest BCUT2D eigenvalue weighted by Crippen LogP contribution is -2.48. The lowest BCUT2D eigenvalue weighted by Gasteiger charge is -2.17. The minimum absolute atomic E-state index is 0.147. The van der Waals surface area contributed by atoms with Crippen LogP contribution in [0.4, 0.5) is 4.39 Å². The number of hydrogen-bond acceptors (Lipinski definition) is 5. The number of ether oxygens (including phenoxy) is 1. The largest absolute Gasteiger partial charge is 0.454 e. The van der Waals surface area contributed by atoms with Crippen LogP contribution in [0.2, 0.25) is 0 Å². The van der Waals surface area contributed by atoms with E-state index in [1.807, 2.05) is 0 Å². The maximum absolute atomic E-state index is 13.7. The van der Waals surface area contributed by atoms with E-state index in [-0.39, 0.29) is 17.6 Å². The Morgan fingerprint density at radius 2 is 1.73 bits per heavy atom. The van der Waals surface area contributed by atoms with Crippen LogP contribution in [0.5, 0.6) is 11.5 Å². The highest BCUT2D eigenvalue weighted by atomic mass is 19.1. The molecule has 0 radical (unpaired) electrons. The van der Waals surface area contributed by atoms with Gasteiger partial charge in [0.2, 0.25) is 5.91 Å². The molecule has 30 heavy (non-hydrogen) atoms. The highest BCUT2D eigenvalue weighted by molar-refractivity contribution is 6.00. The fourth-order valence-corrected chi connectivity index (χ4v) is 2.92. The molecule has 0 unspecified atom stereocenters. The van der Waals surface area contributed by atoms with Crippen molar-refractivity contribution in [3.63, 3.8) is 0 Å². The predicted octanol–water partition coefficient (Wildman–Crippen LogP) is 2.99. The van der Waals surface area contributed by atoms with Gasteiger partial charge in [0.05, 0.1) is 5.56 Å². The van der Waals surface area contributed by atoms with Crippen LogP contribution < -0.4 is 15.4 Å². The Kier molecular flexibility index (Phi) is 5.38. The van der Waals surface area contributed by atoms with Crippen LogP contribution in [0, 0.1) is 5.82 Å². The van der Waals surface area contributed by atoms with Crippen molar-refractivity contribution in [3.8, 4) is 11.5 Å². The maximum Gasteiger partial charge on any atom is 0.255 e. The zero-order chi connectivity index (χ0) is 21.0. The number of nitrogens with one attached hydrogen (secondary N) is 2. The van der Waals surface area contributed by atoms with Crippen molar-refractivity contribution < 1.29 is 18.7 Å². The average molecular weight is 406 g/mol. The van der Waals surface area contributed by atoms with E-state index in [0.717, 1.165) is 5.56 Å². The van der Waals surface area contributed by atoms with Crippen LogP contribution in [0.3, 0.4) is 0 Å². The van der Waals surface area contributed by atoms with Crippen molar-refractivity contribution in [3.05, 3.63) is 84.2 Å². The summed E-state index contributed by atoms with van der Waals surface area (Å²) >= 11 is 0. The highest BCUT2D eigenvalue weighted by Gasteiger charge is 2.51. The minimum Gasteiger partial charge on any atom is -0.454 e. The van der Waals surface area contributed by atoms with Crippen LogP contribution in [-0.4, -0.2) is 27.3 Å². The Morgan fingerprint density at radius 3 is 2.40 bits per heavy atom. The molecule has 1 aliphatic rings. The number of carbonyl (C=O) groups excluding carboxylic acids is 2. The van der Waals surface area contributed by atoms with Gasteiger partial charge >= 0.3 is 0 Å². The van der Waals surface area contributed by atoms with Crippen molar-refractivity contribution in [1.29, 1.82) is 0 Å². The van der Waals surface area contributed by atoms with Crippen molar-refractivity contribution in [2.75, 3.05) is 0 Å². The van der Waals surface area contributed by atoms with Gasteiger partial charge in [0.25, 0.3) is 5.91 Å². The van der Waals surface area contributed by atoms with E-state index in [9.17, 15) is 14.0 Å². The zero-order valence-corrected chi connectivity index (χ0v) is 16.0. The van der Waals surface area contributed by atoms with E-state index in [0.29, 0.717) is 30.7 Å². The first-order valence-corrected chi connectivity index (χ1v) is 9.43. The molecule has 1 fully saturated rings. The number of nitrogens with zero attached hydrogens (tertiary/aromatic N) is 2. The number of benzene rings is 2. The molecule has 3 aromatic rings. The third-order valence-corrected chi connectivity index (χ3v) is 4.80. The second kappa shape index (κ2) is 8.28. The Hall–Kier alpha value is -3.81. The van der Waals surface area contributed by atoms with Crippen molar-refractivity contribution in [2.24, 2.45) is 0 Å². The molecule has 0 saturated heterocycles. The molecule has 2 N–H and O–H groups in total. The first-order valence-electron chi connectivity index (χ1n) is 9.43. The molecule has 2 amide bonds. The van der Waals surface area contributed by atoms with E-state index >= 15 is 0 Å². The monoisotopic (exact) mass is 406 g/mol. The molecule has 4 rings (SSSR count). The summed E-state index contributed by atoms with van der Waals surface area (Å²) in [6.45, 7) is 0.297. The predicted molar refractivity (Wildman–Crippen MR) is 106 cm³/mol. The summed E-state index contributed by atoms with van der Waals surface area (Å²) < 4.78 is 19.2. The van der Waals surface area contributed by atoms with E-state index in [1.54, 1.807) is 42.5 Å². The number of amides is 2. The molecule has 7 nitrogen and oxygen atoms in total. The van der Waals surface area contributed by atoms with Crippen LogP contribution in [0.15, 0.2) is 67.3 Å². The van der Waals surface area contributed by atoms with E-state index in [1.165, 1.54) is 24.8 Å². The van der Waals surface area contributed by atoms with Crippen molar-refractivity contribution in [1.82, 2.24) is 20.6 Å². The molecule has 0 aliphatic heterocycles. The first-order chi connectivity index (χ1) is 14.6. The Bertz CT molecular complexity index is 1050. The van der Waals surface area contributed by atoms with Gasteiger partial charge in [0.15, 0.2) is 11.6 Å². The second-order valence-electron chi connectivity index (χ2n) is 7.02. The fourth-order valence-electron chi connectivity index (χ4n) is 2.92. The molecule has 1 saturated carbocycles. The Morgan fingerprint density at radius 1 is 1.03 bits per heavy atom. The topological polar surface area (TPSA) is 93.2 Å². The lowest BCUT2D eigenvalue weighted by atomic mass is 10.2. The lowest BCUT2D eigenvalue weighted by molar-refractivity contribution is -0.124. The van der Waals surface area contributed by atoms with E-state index in [4.69, 9.17) is 4.74 Å². The first kappa shape index (κ1) is 19.5. The summed E-state index contributed by atoms with van der Waals surface area (Å²) in [5, 5.41) is 5.63. The molecule has 1 heterocycles. The summed E-state index contributed by atoms with van der Waals surface area (Å²) in [4.78, 5) is 32.5. The molecule has 1 aliphatic carbocycles. The summed E-state index contributed by atoms with van der Waals surface area (Å²) in [5.41, 5.74) is 0.269. The fraction of sp³-hybridized carbons (Fsp3) is 0.182. The molecular formula is C22H19FN4O3. The molecule has 152 valence electrons. The molecule has 2 aromatic carbocycles. The number of para-hydroxylation sites is 1. The number of halogens is 1. The van der Waals surface area contributed by atoms with Gasteiger partial charge in [-0.2, -0.15) is 0 Å².